The summed E-state index contributed by atoms with van der Waals surface area (Å²) in [5.41, 5.74) is 3.96. The monoisotopic (exact) mass is 291 g/mol. The summed E-state index contributed by atoms with van der Waals surface area (Å²) in [4.78, 5) is 0. The van der Waals surface area contributed by atoms with Crippen molar-refractivity contribution in [3.63, 3.8) is 0 Å². The Hall–Kier alpha value is -1.38. The van der Waals surface area contributed by atoms with E-state index in [1.54, 1.807) is 6.07 Å². The van der Waals surface area contributed by atoms with Crippen molar-refractivity contribution in [3.8, 4) is 11.1 Å². The second-order valence-electron chi connectivity index (χ2n) is 5.40. The van der Waals surface area contributed by atoms with E-state index in [4.69, 9.17) is 0 Å². The highest BCUT2D eigenvalue weighted by molar-refractivity contribution is 5.85. The molecule has 0 amide bonds. The van der Waals surface area contributed by atoms with Gasteiger partial charge in [0.15, 0.2) is 0 Å². The molecular formula is C17H19ClFN. The van der Waals surface area contributed by atoms with Crippen LogP contribution in [0.2, 0.25) is 0 Å². The largest absolute Gasteiger partial charge is 0.310 e. The normalized spacial score (nSPS) is 15.6. The highest BCUT2D eigenvalue weighted by Gasteiger charge is 2.42. The Balaban J connectivity index is 0.00000147. The van der Waals surface area contributed by atoms with Gasteiger partial charge in [0.1, 0.15) is 5.82 Å². The lowest BCUT2D eigenvalue weighted by Gasteiger charge is -2.16. The Bertz CT molecular complexity index is 620. The summed E-state index contributed by atoms with van der Waals surface area (Å²) < 4.78 is 14.0. The lowest BCUT2D eigenvalue weighted by atomic mass is 9.97. The number of halogens is 2. The van der Waals surface area contributed by atoms with Crippen LogP contribution in [0.25, 0.3) is 11.1 Å². The molecule has 1 aliphatic carbocycles. The number of benzene rings is 2. The molecule has 1 nitrogen and oxygen atoms in total. The van der Waals surface area contributed by atoms with Gasteiger partial charge < -0.3 is 5.32 Å². The van der Waals surface area contributed by atoms with Gasteiger partial charge in [-0.2, -0.15) is 0 Å². The van der Waals surface area contributed by atoms with Crippen molar-refractivity contribution >= 4 is 12.4 Å². The third kappa shape index (κ3) is 2.58. The van der Waals surface area contributed by atoms with E-state index in [-0.39, 0.29) is 23.8 Å². The Kier molecular flexibility index (Phi) is 4.17. The molecule has 3 rings (SSSR count). The highest BCUT2D eigenvalue weighted by Crippen LogP contribution is 2.45. The van der Waals surface area contributed by atoms with Crippen LogP contribution in [0, 0.1) is 12.7 Å². The zero-order chi connectivity index (χ0) is 13.5. The van der Waals surface area contributed by atoms with Gasteiger partial charge in [-0.25, -0.2) is 4.39 Å². The van der Waals surface area contributed by atoms with Crippen LogP contribution >= 0.6 is 12.4 Å². The van der Waals surface area contributed by atoms with Crippen LogP contribution in [-0.2, 0) is 5.54 Å². The lowest BCUT2D eigenvalue weighted by molar-refractivity contribution is 0.585. The minimum Gasteiger partial charge on any atom is -0.310 e. The number of nitrogens with one attached hydrogen (secondary N) is 1. The predicted octanol–water partition coefficient (Wildman–Crippen LogP) is 4.43. The summed E-state index contributed by atoms with van der Waals surface area (Å²) in [7, 11) is 1.99. The molecule has 2 aromatic rings. The van der Waals surface area contributed by atoms with Gasteiger partial charge >= 0.3 is 0 Å². The van der Waals surface area contributed by atoms with Crippen molar-refractivity contribution in [1.82, 2.24) is 5.32 Å². The standard InChI is InChI=1S/C17H18FN.ClH/c1-12-6-7-15(16(18)10-12)13-4-3-5-14(11-13)17(19-2)8-9-17;/h3-7,10-11,19H,8-9H2,1-2H3;1H. The van der Waals surface area contributed by atoms with Crippen molar-refractivity contribution in [2.75, 3.05) is 7.05 Å². The molecule has 2 aromatic carbocycles. The maximum absolute atomic E-state index is 14.0. The molecule has 0 spiro atoms. The Morgan fingerprint density at radius 2 is 1.85 bits per heavy atom. The van der Waals surface area contributed by atoms with E-state index in [9.17, 15) is 4.39 Å². The third-order valence-electron chi connectivity index (χ3n) is 4.08. The molecule has 106 valence electrons. The zero-order valence-corrected chi connectivity index (χ0v) is 12.6. The van der Waals surface area contributed by atoms with Crippen LogP contribution < -0.4 is 5.32 Å². The van der Waals surface area contributed by atoms with Gasteiger partial charge in [-0.15, -0.1) is 12.4 Å². The van der Waals surface area contributed by atoms with Crippen LogP contribution in [0.1, 0.15) is 24.0 Å². The molecule has 0 radical (unpaired) electrons. The highest BCUT2D eigenvalue weighted by atomic mass is 35.5. The summed E-state index contributed by atoms with van der Waals surface area (Å²) in [6, 6.07) is 13.6. The molecule has 0 saturated heterocycles. The zero-order valence-electron chi connectivity index (χ0n) is 11.7. The van der Waals surface area contributed by atoms with Gasteiger partial charge in [0.05, 0.1) is 0 Å². The maximum atomic E-state index is 14.0. The summed E-state index contributed by atoms with van der Waals surface area (Å²) >= 11 is 0. The number of aryl methyl sites for hydroxylation is 1. The average Bonchev–Trinajstić information content (AvgIpc) is 3.20. The first-order valence-corrected chi connectivity index (χ1v) is 6.71. The van der Waals surface area contributed by atoms with Gasteiger partial charge in [-0.1, -0.05) is 30.3 Å². The maximum Gasteiger partial charge on any atom is 0.131 e. The van der Waals surface area contributed by atoms with Crippen molar-refractivity contribution in [3.05, 3.63) is 59.4 Å². The molecule has 20 heavy (non-hydrogen) atoms. The summed E-state index contributed by atoms with van der Waals surface area (Å²) in [5.74, 6) is -0.147. The number of rotatable bonds is 3. The van der Waals surface area contributed by atoms with E-state index in [2.05, 4.69) is 17.4 Å². The average molecular weight is 292 g/mol. The smallest absolute Gasteiger partial charge is 0.131 e. The van der Waals surface area contributed by atoms with E-state index in [0.717, 1.165) is 24.0 Å². The summed E-state index contributed by atoms with van der Waals surface area (Å²) in [6.07, 6.45) is 2.31. The topological polar surface area (TPSA) is 12.0 Å². The summed E-state index contributed by atoms with van der Waals surface area (Å²) in [5, 5.41) is 3.38. The molecule has 1 N–H and O–H groups in total. The van der Waals surface area contributed by atoms with E-state index in [0.29, 0.717) is 5.56 Å². The molecule has 1 fully saturated rings. The molecule has 0 heterocycles. The van der Waals surface area contributed by atoms with Gasteiger partial charge in [-0.05, 0) is 55.6 Å². The van der Waals surface area contributed by atoms with Crippen LogP contribution in [-0.4, -0.2) is 7.05 Å². The Morgan fingerprint density at radius 1 is 1.10 bits per heavy atom. The second kappa shape index (κ2) is 5.55. The molecule has 0 aliphatic heterocycles. The van der Waals surface area contributed by atoms with Gasteiger partial charge in [0.2, 0.25) is 0 Å². The minimum atomic E-state index is -0.147. The van der Waals surface area contributed by atoms with Crippen molar-refractivity contribution in [2.45, 2.75) is 25.3 Å². The molecule has 0 bridgehead atoms. The fraction of sp³-hybridized carbons (Fsp3) is 0.294. The number of hydrogen-bond acceptors (Lipinski definition) is 1. The van der Waals surface area contributed by atoms with Crippen molar-refractivity contribution < 1.29 is 4.39 Å². The van der Waals surface area contributed by atoms with Crippen molar-refractivity contribution in [1.29, 1.82) is 0 Å². The molecule has 0 unspecified atom stereocenters. The van der Waals surface area contributed by atoms with E-state index >= 15 is 0 Å². The Labute approximate surface area is 125 Å². The van der Waals surface area contributed by atoms with Gasteiger partial charge in [0, 0.05) is 11.1 Å². The molecule has 0 atom stereocenters. The molecule has 0 aromatic heterocycles. The Morgan fingerprint density at radius 3 is 2.45 bits per heavy atom. The fourth-order valence-corrected chi connectivity index (χ4v) is 2.65. The molecule has 3 heteroatoms. The SMILES string of the molecule is CNC1(c2cccc(-c3ccc(C)cc3F)c2)CC1.Cl. The predicted molar refractivity (Wildman–Crippen MR) is 83.8 cm³/mol. The van der Waals surface area contributed by atoms with E-state index < -0.39 is 0 Å². The molecule has 1 saturated carbocycles. The van der Waals surface area contributed by atoms with E-state index in [1.807, 2.05) is 38.2 Å². The number of hydrogen-bond donors (Lipinski definition) is 1. The lowest BCUT2D eigenvalue weighted by Crippen LogP contribution is -2.24. The first-order valence-electron chi connectivity index (χ1n) is 6.71. The van der Waals surface area contributed by atoms with Crippen LogP contribution in [0.5, 0.6) is 0 Å². The van der Waals surface area contributed by atoms with E-state index in [1.165, 1.54) is 5.56 Å². The minimum absolute atomic E-state index is 0. The first-order chi connectivity index (χ1) is 9.14. The fourth-order valence-electron chi connectivity index (χ4n) is 2.65. The molecular weight excluding hydrogens is 273 g/mol. The van der Waals surface area contributed by atoms with Gasteiger partial charge in [-0.3, -0.25) is 0 Å². The third-order valence-corrected chi connectivity index (χ3v) is 4.08. The second-order valence-corrected chi connectivity index (χ2v) is 5.40. The van der Waals surface area contributed by atoms with Crippen LogP contribution in [0.15, 0.2) is 42.5 Å². The van der Waals surface area contributed by atoms with Crippen LogP contribution in [0.4, 0.5) is 4.39 Å². The quantitative estimate of drug-likeness (QED) is 0.882. The first kappa shape index (κ1) is 15.0. The van der Waals surface area contributed by atoms with Crippen molar-refractivity contribution in [2.24, 2.45) is 0 Å². The summed E-state index contributed by atoms with van der Waals surface area (Å²) in [6.45, 7) is 1.91. The molecule has 1 aliphatic rings. The van der Waals surface area contributed by atoms with Gasteiger partial charge in [0.25, 0.3) is 0 Å². The van der Waals surface area contributed by atoms with Crippen LogP contribution in [0.3, 0.4) is 0 Å².